The van der Waals surface area contributed by atoms with Gasteiger partial charge in [0.2, 0.25) is 0 Å². The molecular formula is C23H27N5O4. The Morgan fingerprint density at radius 1 is 1.34 bits per heavy atom. The summed E-state index contributed by atoms with van der Waals surface area (Å²) < 4.78 is 5.92. The van der Waals surface area contributed by atoms with E-state index in [0.29, 0.717) is 13.0 Å². The van der Waals surface area contributed by atoms with E-state index in [1.807, 2.05) is 44.0 Å². The third-order valence-corrected chi connectivity index (χ3v) is 5.88. The summed E-state index contributed by atoms with van der Waals surface area (Å²) in [6.45, 7) is 4.62. The van der Waals surface area contributed by atoms with Gasteiger partial charge in [-0.15, -0.1) is 0 Å². The van der Waals surface area contributed by atoms with Crippen LogP contribution >= 0.6 is 0 Å². The van der Waals surface area contributed by atoms with E-state index in [1.165, 1.54) is 6.07 Å². The fourth-order valence-electron chi connectivity index (χ4n) is 4.30. The standard InChI is InChI=1S/C23H27N5O4/c1-15(2)32-21-5-4-9-24-23(21)26(3)17-8-10-27(19(13-17)14-29)22-12-16-11-18(28(30)31)6-7-20(16)25-22/h4-7,9,11-12,14-15,17,19,25H,8,10,13H2,1-3H3. The van der Waals surface area contributed by atoms with Crippen LogP contribution in [0.15, 0.2) is 42.6 Å². The van der Waals surface area contributed by atoms with Crippen LogP contribution in [0.3, 0.4) is 0 Å². The smallest absolute Gasteiger partial charge is 0.270 e. The Balaban J connectivity index is 1.54. The van der Waals surface area contributed by atoms with Gasteiger partial charge in [0, 0.05) is 48.9 Å². The van der Waals surface area contributed by atoms with Crippen LogP contribution in [0.5, 0.6) is 5.75 Å². The number of nitrogens with one attached hydrogen (secondary N) is 1. The Kier molecular flexibility index (Phi) is 5.98. The van der Waals surface area contributed by atoms with Gasteiger partial charge in [-0.05, 0) is 51.0 Å². The monoisotopic (exact) mass is 437 g/mol. The van der Waals surface area contributed by atoms with Crippen molar-refractivity contribution < 1.29 is 14.5 Å². The second kappa shape index (κ2) is 8.86. The number of nitro benzene ring substituents is 1. The number of hydrogen-bond donors (Lipinski definition) is 1. The molecule has 2 aromatic heterocycles. The van der Waals surface area contributed by atoms with Gasteiger partial charge in [0.15, 0.2) is 11.6 Å². The lowest BCUT2D eigenvalue weighted by molar-refractivity contribution is -0.384. The van der Waals surface area contributed by atoms with Crippen molar-refractivity contribution in [2.45, 2.75) is 44.9 Å². The SMILES string of the molecule is CC(C)Oc1cccnc1N(C)C1CCN(c2cc3cc([N+](=O)[O-])ccc3[nH]2)C(C=O)C1. The molecule has 168 valence electrons. The average Bonchev–Trinajstić information content (AvgIpc) is 3.21. The summed E-state index contributed by atoms with van der Waals surface area (Å²) in [6.07, 6.45) is 4.21. The Morgan fingerprint density at radius 2 is 2.16 bits per heavy atom. The van der Waals surface area contributed by atoms with Gasteiger partial charge < -0.3 is 24.3 Å². The van der Waals surface area contributed by atoms with E-state index < -0.39 is 4.92 Å². The summed E-state index contributed by atoms with van der Waals surface area (Å²) in [5.74, 6) is 2.29. The number of carbonyl (C=O) groups excluding carboxylic acids is 1. The summed E-state index contributed by atoms with van der Waals surface area (Å²) >= 11 is 0. The molecule has 0 spiro atoms. The Bertz CT molecular complexity index is 1130. The van der Waals surface area contributed by atoms with Crippen LogP contribution in [-0.2, 0) is 4.79 Å². The molecule has 3 aromatic rings. The molecule has 1 N–H and O–H groups in total. The molecule has 0 amide bonds. The van der Waals surface area contributed by atoms with Crippen molar-refractivity contribution in [3.8, 4) is 5.75 Å². The van der Waals surface area contributed by atoms with Crippen molar-refractivity contribution in [3.05, 3.63) is 52.7 Å². The maximum absolute atomic E-state index is 12.0. The first-order valence-corrected chi connectivity index (χ1v) is 10.7. The first kappa shape index (κ1) is 21.6. The lowest BCUT2D eigenvalue weighted by atomic mass is 9.96. The average molecular weight is 438 g/mol. The number of aldehydes is 1. The molecule has 0 aliphatic carbocycles. The number of rotatable bonds is 7. The normalized spacial score (nSPS) is 18.7. The van der Waals surface area contributed by atoms with Gasteiger partial charge in [-0.3, -0.25) is 10.1 Å². The third-order valence-electron chi connectivity index (χ3n) is 5.88. The largest absolute Gasteiger partial charge is 0.487 e. The quantitative estimate of drug-likeness (QED) is 0.339. The Morgan fingerprint density at radius 3 is 2.88 bits per heavy atom. The predicted molar refractivity (Wildman–Crippen MR) is 124 cm³/mol. The zero-order valence-electron chi connectivity index (χ0n) is 18.4. The number of ether oxygens (including phenoxy) is 1. The number of carbonyl (C=O) groups is 1. The van der Waals surface area contributed by atoms with Crippen LogP contribution in [0.25, 0.3) is 10.9 Å². The number of non-ortho nitro benzene ring substituents is 1. The van der Waals surface area contributed by atoms with E-state index >= 15 is 0 Å². The fourth-order valence-corrected chi connectivity index (χ4v) is 4.30. The van der Waals surface area contributed by atoms with E-state index in [-0.39, 0.29) is 23.9 Å². The summed E-state index contributed by atoms with van der Waals surface area (Å²) in [5.41, 5.74) is 0.851. The topological polar surface area (TPSA) is 105 Å². The molecule has 1 aromatic carbocycles. The summed E-state index contributed by atoms with van der Waals surface area (Å²) in [7, 11) is 1.99. The predicted octanol–water partition coefficient (Wildman–Crippen LogP) is 3.93. The van der Waals surface area contributed by atoms with Crippen molar-refractivity contribution in [3.63, 3.8) is 0 Å². The number of nitro groups is 1. The number of aromatic nitrogens is 2. The molecule has 0 bridgehead atoms. The van der Waals surface area contributed by atoms with Crippen LogP contribution in [-0.4, -0.2) is 53.0 Å². The minimum absolute atomic E-state index is 0.0359. The van der Waals surface area contributed by atoms with E-state index in [2.05, 4.69) is 14.9 Å². The molecular weight excluding hydrogens is 410 g/mol. The fraction of sp³-hybridized carbons (Fsp3) is 0.391. The molecule has 0 saturated carbocycles. The maximum atomic E-state index is 12.0. The van der Waals surface area contributed by atoms with Crippen LogP contribution in [0.1, 0.15) is 26.7 Å². The van der Waals surface area contributed by atoms with E-state index in [0.717, 1.165) is 41.0 Å². The highest BCUT2D eigenvalue weighted by atomic mass is 16.6. The Hall–Kier alpha value is -3.62. The van der Waals surface area contributed by atoms with E-state index in [4.69, 9.17) is 4.74 Å². The molecule has 1 aliphatic rings. The van der Waals surface area contributed by atoms with Crippen LogP contribution < -0.4 is 14.5 Å². The first-order chi connectivity index (χ1) is 15.4. The van der Waals surface area contributed by atoms with Crippen molar-refractivity contribution in [2.75, 3.05) is 23.4 Å². The molecule has 9 heteroatoms. The molecule has 1 aliphatic heterocycles. The van der Waals surface area contributed by atoms with Gasteiger partial charge in [0.1, 0.15) is 12.1 Å². The first-order valence-electron chi connectivity index (χ1n) is 10.7. The molecule has 9 nitrogen and oxygen atoms in total. The van der Waals surface area contributed by atoms with Gasteiger partial charge in [0.05, 0.1) is 17.1 Å². The zero-order valence-corrected chi connectivity index (χ0v) is 18.4. The minimum atomic E-state index is -0.406. The van der Waals surface area contributed by atoms with Gasteiger partial charge in [-0.2, -0.15) is 0 Å². The van der Waals surface area contributed by atoms with Gasteiger partial charge >= 0.3 is 0 Å². The molecule has 1 saturated heterocycles. The van der Waals surface area contributed by atoms with Crippen molar-refractivity contribution in [1.82, 2.24) is 9.97 Å². The molecule has 32 heavy (non-hydrogen) atoms. The van der Waals surface area contributed by atoms with Gasteiger partial charge in [0.25, 0.3) is 5.69 Å². The van der Waals surface area contributed by atoms with Crippen LogP contribution in [0.2, 0.25) is 0 Å². The van der Waals surface area contributed by atoms with Gasteiger partial charge in [-0.1, -0.05) is 0 Å². The molecule has 3 heterocycles. The number of H-pyrrole nitrogens is 1. The number of aromatic amines is 1. The zero-order chi connectivity index (χ0) is 22.8. The highest BCUT2D eigenvalue weighted by molar-refractivity contribution is 5.86. The van der Waals surface area contributed by atoms with Crippen molar-refractivity contribution >= 4 is 34.5 Å². The number of anilines is 2. The van der Waals surface area contributed by atoms with Crippen molar-refractivity contribution in [2.24, 2.45) is 0 Å². The molecule has 0 radical (unpaired) electrons. The van der Waals surface area contributed by atoms with E-state index in [9.17, 15) is 14.9 Å². The number of pyridine rings is 1. The van der Waals surface area contributed by atoms with Crippen molar-refractivity contribution in [1.29, 1.82) is 0 Å². The number of piperidine rings is 1. The Labute approximate surface area is 186 Å². The number of fused-ring (bicyclic) bond motifs is 1. The molecule has 4 rings (SSSR count). The lowest BCUT2D eigenvalue weighted by Gasteiger charge is -2.41. The number of hydrogen-bond acceptors (Lipinski definition) is 7. The highest BCUT2D eigenvalue weighted by Gasteiger charge is 2.32. The van der Waals surface area contributed by atoms with Crippen LogP contribution in [0.4, 0.5) is 17.3 Å². The molecule has 2 atom stereocenters. The van der Waals surface area contributed by atoms with Gasteiger partial charge in [-0.25, -0.2) is 4.98 Å². The number of nitrogens with zero attached hydrogens (tertiary/aromatic N) is 4. The molecule has 2 unspecified atom stereocenters. The summed E-state index contributed by atoms with van der Waals surface area (Å²) in [6, 6.07) is 10.2. The second-order valence-electron chi connectivity index (χ2n) is 8.36. The summed E-state index contributed by atoms with van der Waals surface area (Å²) in [5, 5.41) is 11.8. The molecule has 1 fully saturated rings. The number of benzene rings is 1. The van der Waals surface area contributed by atoms with Crippen LogP contribution in [0, 0.1) is 10.1 Å². The third kappa shape index (κ3) is 4.23. The highest BCUT2D eigenvalue weighted by Crippen LogP contribution is 2.33. The summed E-state index contributed by atoms with van der Waals surface area (Å²) in [4.78, 5) is 34.6. The second-order valence-corrected chi connectivity index (χ2v) is 8.36. The lowest BCUT2D eigenvalue weighted by Crippen LogP contribution is -2.50. The maximum Gasteiger partial charge on any atom is 0.270 e. The van der Waals surface area contributed by atoms with E-state index in [1.54, 1.807) is 18.3 Å². The minimum Gasteiger partial charge on any atom is -0.487 e.